The maximum absolute atomic E-state index is 13.3. The molecule has 2 atom stereocenters. The van der Waals surface area contributed by atoms with E-state index in [-0.39, 0.29) is 12.0 Å². The van der Waals surface area contributed by atoms with Gasteiger partial charge in [-0.3, -0.25) is 4.79 Å². The Hall–Kier alpha value is -1.36. The second-order valence-electron chi connectivity index (χ2n) is 7.20. The van der Waals surface area contributed by atoms with Gasteiger partial charge in [-0.1, -0.05) is 32.8 Å². The summed E-state index contributed by atoms with van der Waals surface area (Å²) in [6.45, 7) is 6.80. The zero-order chi connectivity index (χ0) is 17.1. The Morgan fingerprint density at radius 3 is 2.75 bits per heavy atom. The zero-order valence-corrected chi connectivity index (χ0v) is 15.5. The van der Waals surface area contributed by atoms with E-state index < -0.39 is 0 Å². The maximum atomic E-state index is 13.3. The predicted molar refractivity (Wildman–Crippen MR) is 99.4 cm³/mol. The first kappa shape index (κ1) is 17.5. The van der Waals surface area contributed by atoms with Gasteiger partial charge in [0, 0.05) is 17.8 Å². The fourth-order valence-electron chi connectivity index (χ4n) is 4.33. The monoisotopic (exact) mass is 347 g/mol. The fraction of sp³-hybridized carbons (Fsp3) is 0.684. The SMILES string of the molecule is C=C(N)c1csc(C2CCCN2C(=O)C(CC)C2CCCCC2)n1. The molecule has 1 aliphatic carbocycles. The van der Waals surface area contributed by atoms with Crippen molar-refractivity contribution in [3.63, 3.8) is 0 Å². The van der Waals surface area contributed by atoms with Crippen molar-refractivity contribution in [2.75, 3.05) is 6.54 Å². The Labute approximate surface area is 149 Å². The van der Waals surface area contributed by atoms with Gasteiger partial charge >= 0.3 is 0 Å². The minimum atomic E-state index is 0.133. The molecule has 1 saturated heterocycles. The molecule has 1 aliphatic heterocycles. The quantitative estimate of drug-likeness (QED) is 0.862. The van der Waals surface area contributed by atoms with E-state index in [4.69, 9.17) is 5.73 Å². The zero-order valence-electron chi connectivity index (χ0n) is 14.7. The number of thiazole rings is 1. The van der Waals surface area contributed by atoms with Crippen LogP contribution >= 0.6 is 11.3 Å². The topological polar surface area (TPSA) is 59.2 Å². The lowest BCUT2D eigenvalue weighted by atomic mass is 9.78. The van der Waals surface area contributed by atoms with Gasteiger partial charge in [-0.05, 0) is 38.0 Å². The fourth-order valence-corrected chi connectivity index (χ4v) is 5.32. The Morgan fingerprint density at radius 2 is 2.12 bits per heavy atom. The van der Waals surface area contributed by atoms with E-state index in [2.05, 4.69) is 23.4 Å². The van der Waals surface area contributed by atoms with Crippen molar-refractivity contribution >= 4 is 22.9 Å². The third kappa shape index (κ3) is 3.51. The van der Waals surface area contributed by atoms with Gasteiger partial charge in [-0.15, -0.1) is 11.3 Å². The van der Waals surface area contributed by atoms with Crippen LogP contribution in [0.2, 0.25) is 0 Å². The van der Waals surface area contributed by atoms with Gasteiger partial charge in [-0.25, -0.2) is 4.98 Å². The number of likely N-dealkylation sites (tertiary alicyclic amines) is 1. The number of carbonyl (C=O) groups is 1. The minimum Gasteiger partial charge on any atom is -0.397 e. The van der Waals surface area contributed by atoms with Crippen molar-refractivity contribution in [2.24, 2.45) is 17.6 Å². The van der Waals surface area contributed by atoms with E-state index in [9.17, 15) is 4.79 Å². The van der Waals surface area contributed by atoms with Crippen LogP contribution in [0.25, 0.3) is 5.70 Å². The molecule has 0 radical (unpaired) electrons. The number of nitrogens with two attached hydrogens (primary N) is 1. The molecule has 0 spiro atoms. The van der Waals surface area contributed by atoms with Crippen LogP contribution in [0, 0.1) is 11.8 Å². The summed E-state index contributed by atoms with van der Waals surface area (Å²) in [6.07, 6.45) is 9.37. The summed E-state index contributed by atoms with van der Waals surface area (Å²) in [5, 5.41) is 2.97. The smallest absolute Gasteiger partial charge is 0.226 e. The lowest BCUT2D eigenvalue weighted by Crippen LogP contribution is -2.39. The van der Waals surface area contributed by atoms with Crippen LogP contribution in [-0.4, -0.2) is 22.3 Å². The van der Waals surface area contributed by atoms with Crippen molar-refractivity contribution in [3.8, 4) is 0 Å². The predicted octanol–water partition coefficient (Wildman–Crippen LogP) is 4.34. The number of carbonyl (C=O) groups excluding carboxylic acids is 1. The molecule has 0 bridgehead atoms. The van der Waals surface area contributed by atoms with Crippen LogP contribution in [0.1, 0.15) is 75.0 Å². The molecule has 1 saturated carbocycles. The summed E-state index contributed by atoms with van der Waals surface area (Å²) in [4.78, 5) is 20.0. The van der Waals surface area contributed by atoms with Crippen molar-refractivity contribution in [1.29, 1.82) is 0 Å². The van der Waals surface area contributed by atoms with E-state index >= 15 is 0 Å². The van der Waals surface area contributed by atoms with Gasteiger partial charge in [0.25, 0.3) is 0 Å². The molecule has 2 fully saturated rings. The Kier molecular flexibility index (Phi) is 5.59. The highest BCUT2D eigenvalue weighted by Gasteiger charge is 2.37. The highest BCUT2D eigenvalue weighted by molar-refractivity contribution is 7.09. The highest BCUT2D eigenvalue weighted by Crippen LogP contribution is 2.39. The van der Waals surface area contributed by atoms with Gasteiger partial charge in [-0.2, -0.15) is 0 Å². The molecule has 1 aromatic heterocycles. The van der Waals surface area contributed by atoms with Gasteiger partial charge in [0.1, 0.15) is 5.01 Å². The molecule has 2 heterocycles. The third-order valence-electron chi connectivity index (χ3n) is 5.65. The van der Waals surface area contributed by atoms with Gasteiger partial charge in [0.2, 0.25) is 5.91 Å². The minimum absolute atomic E-state index is 0.133. The summed E-state index contributed by atoms with van der Waals surface area (Å²) in [5.41, 5.74) is 7.02. The molecule has 2 aliphatic rings. The molecule has 4 nitrogen and oxygen atoms in total. The average molecular weight is 348 g/mol. The van der Waals surface area contributed by atoms with E-state index in [1.807, 2.05) is 5.38 Å². The maximum Gasteiger partial charge on any atom is 0.226 e. The molecular formula is C19H29N3OS. The van der Waals surface area contributed by atoms with Gasteiger partial charge in [0.05, 0.1) is 17.4 Å². The second-order valence-corrected chi connectivity index (χ2v) is 8.09. The van der Waals surface area contributed by atoms with Crippen LogP contribution in [-0.2, 0) is 4.79 Å². The van der Waals surface area contributed by atoms with E-state index in [0.717, 1.165) is 36.5 Å². The number of amides is 1. The molecule has 24 heavy (non-hydrogen) atoms. The molecule has 2 N–H and O–H groups in total. The second kappa shape index (κ2) is 7.68. The molecule has 2 unspecified atom stereocenters. The molecule has 3 rings (SSSR count). The lowest BCUT2D eigenvalue weighted by molar-refractivity contribution is -0.139. The van der Waals surface area contributed by atoms with Crippen molar-refractivity contribution < 1.29 is 4.79 Å². The summed E-state index contributed by atoms with van der Waals surface area (Å²) in [5.74, 6) is 1.12. The molecular weight excluding hydrogens is 318 g/mol. The largest absolute Gasteiger partial charge is 0.397 e. The Morgan fingerprint density at radius 1 is 1.38 bits per heavy atom. The summed E-state index contributed by atoms with van der Waals surface area (Å²) in [6, 6.07) is 0.133. The van der Waals surface area contributed by atoms with E-state index in [0.29, 0.717) is 17.5 Å². The molecule has 1 amide bonds. The Bertz CT molecular complexity index is 591. The van der Waals surface area contributed by atoms with Crippen LogP contribution in [0.4, 0.5) is 0 Å². The summed E-state index contributed by atoms with van der Waals surface area (Å²) < 4.78 is 0. The molecule has 5 heteroatoms. The molecule has 1 aromatic rings. The van der Waals surface area contributed by atoms with Crippen LogP contribution in [0.3, 0.4) is 0 Å². The molecule has 132 valence electrons. The first-order valence-electron chi connectivity index (χ1n) is 9.32. The number of hydrogen-bond donors (Lipinski definition) is 1. The molecule has 0 aromatic carbocycles. The summed E-state index contributed by atoms with van der Waals surface area (Å²) >= 11 is 1.61. The van der Waals surface area contributed by atoms with E-state index in [1.54, 1.807) is 11.3 Å². The van der Waals surface area contributed by atoms with Gasteiger partial charge < -0.3 is 10.6 Å². The van der Waals surface area contributed by atoms with Crippen molar-refractivity contribution in [3.05, 3.63) is 22.7 Å². The number of nitrogens with zero attached hydrogens (tertiary/aromatic N) is 2. The first-order chi connectivity index (χ1) is 11.6. The van der Waals surface area contributed by atoms with Crippen molar-refractivity contribution in [2.45, 2.75) is 64.3 Å². The van der Waals surface area contributed by atoms with Crippen molar-refractivity contribution in [1.82, 2.24) is 9.88 Å². The lowest BCUT2D eigenvalue weighted by Gasteiger charge is -2.33. The third-order valence-corrected chi connectivity index (χ3v) is 6.59. The first-order valence-corrected chi connectivity index (χ1v) is 10.2. The summed E-state index contributed by atoms with van der Waals surface area (Å²) in [7, 11) is 0. The average Bonchev–Trinajstić information content (AvgIpc) is 3.25. The number of rotatable bonds is 5. The van der Waals surface area contributed by atoms with Crippen LogP contribution < -0.4 is 5.73 Å². The number of hydrogen-bond acceptors (Lipinski definition) is 4. The van der Waals surface area contributed by atoms with Gasteiger partial charge in [0.15, 0.2) is 0 Å². The number of aromatic nitrogens is 1. The van der Waals surface area contributed by atoms with Crippen LogP contribution in [0.5, 0.6) is 0 Å². The standard InChI is InChI=1S/C19H29N3OS/c1-3-15(14-8-5-4-6-9-14)19(23)22-11-7-10-17(22)18-21-16(12-24-18)13(2)20/h12,14-15,17H,2-11,20H2,1H3. The Balaban J connectivity index is 1.75. The van der Waals surface area contributed by atoms with E-state index in [1.165, 1.54) is 32.1 Å². The normalized spacial score (nSPS) is 23.4. The van der Waals surface area contributed by atoms with Crippen LogP contribution in [0.15, 0.2) is 12.0 Å². The highest BCUT2D eigenvalue weighted by atomic mass is 32.1.